The van der Waals surface area contributed by atoms with Gasteiger partial charge in [-0.1, -0.05) is 13.3 Å². The Morgan fingerprint density at radius 3 is 2.78 bits per heavy atom. The quantitative estimate of drug-likeness (QED) is 0.826. The Balaban J connectivity index is 2.99. The Hall–Kier alpha value is -1.96. The molecular weight excluding hydrogens is 228 g/mol. The number of nitrogens with one attached hydrogen (secondary N) is 1. The van der Waals surface area contributed by atoms with Gasteiger partial charge in [-0.2, -0.15) is 5.26 Å². The van der Waals surface area contributed by atoms with Crippen molar-refractivity contribution in [1.29, 1.82) is 5.26 Å². The molecule has 0 atom stereocenters. The second kappa shape index (κ2) is 6.10. The van der Waals surface area contributed by atoms with Gasteiger partial charge in [-0.3, -0.25) is 4.79 Å². The zero-order valence-corrected chi connectivity index (χ0v) is 11.2. The fraction of sp³-hybridized carbons (Fsp3) is 0.538. The number of nitrogen functional groups attached to an aromatic ring is 1. The first kappa shape index (κ1) is 14.1. The molecule has 0 aliphatic carbocycles. The third-order valence-electron chi connectivity index (χ3n) is 2.59. The lowest BCUT2D eigenvalue weighted by Crippen LogP contribution is -2.33. The summed E-state index contributed by atoms with van der Waals surface area (Å²) in [5, 5.41) is 11.9. The van der Waals surface area contributed by atoms with Crippen LogP contribution in [0.15, 0.2) is 6.07 Å². The van der Waals surface area contributed by atoms with Gasteiger partial charge in [0.1, 0.15) is 18.3 Å². The average molecular weight is 248 g/mol. The summed E-state index contributed by atoms with van der Waals surface area (Å²) in [5.74, 6) is -0.102. The highest BCUT2D eigenvalue weighted by Crippen LogP contribution is 2.19. The van der Waals surface area contributed by atoms with Crippen LogP contribution in [0.5, 0.6) is 0 Å². The zero-order valence-electron chi connectivity index (χ0n) is 11.2. The number of amides is 1. The number of carbonyl (C=O) groups excluding carboxylic acids is 1. The molecular formula is C13H20N4O. The fourth-order valence-electron chi connectivity index (χ4n) is 1.91. The largest absolute Gasteiger partial charge is 0.397 e. The van der Waals surface area contributed by atoms with Gasteiger partial charge in [0.2, 0.25) is 5.91 Å². The summed E-state index contributed by atoms with van der Waals surface area (Å²) in [6.07, 6.45) is 1.69. The van der Waals surface area contributed by atoms with Crippen LogP contribution >= 0.6 is 0 Å². The SMILES string of the molecule is CCCc1c(N)cc(C#N)n1CC(=O)NC(C)C. The molecule has 1 rings (SSSR count). The summed E-state index contributed by atoms with van der Waals surface area (Å²) in [7, 11) is 0. The Morgan fingerprint density at radius 1 is 1.61 bits per heavy atom. The molecule has 0 aromatic carbocycles. The first-order chi connectivity index (χ1) is 8.49. The van der Waals surface area contributed by atoms with E-state index in [-0.39, 0.29) is 18.5 Å². The molecule has 0 aliphatic rings. The summed E-state index contributed by atoms with van der Waals surface area (Å²) >= 11 is 0. The molecule has 1 heterocycles. The standard InChI is InChI=1S/C13H20N4O/c1-4-5-12-11(15)6-10(7-14)17(12)8-13(18)16-9(2)3/h6,9H,4-5,8,15H2,1-3H3,(H,16,18). The van der Waals surface area contributed by atoms with Gasteiger partial charge >= 0.3 is 0 Å². The Bertz CT molecular complexity index is 468. The highest BCUT2D eigenvalue weighted by molar-refractivity contribution is 5.76. The Labute approximate surface area is 108 Å². The molecule has 0 spiro atoms. The summed E-state index contributed by atoms with van der Waals surface area (Å²) < 4.78 is 1.70. The molecule has 1 aromatic rings. The van der Waals surface area contributed by atoms with Crippen molar-refractivity contribution < 1.29 is 4.79 Å². The van der Waals surface area contributed by atoms with Gasteiger partial charge in [0, 0.05) is 11.7 Å². The summed E-state index contributed by atoms with van der Waals surface area (Å²) in [6.45, 7) is 5.99. The molecule has 0 saturated heterocycles. The van der Waals surface area contributed by atoms with Gasteiger partial charge in [0.15, 0.2) is 0 Å². The topological polar surface area (TPSA) is 83.8 Å². The minimum atomic E-state index is -0.102. The molecule has 1 aromatic heterocycles. The second-order valence-electron chi connectivity index (χ2n) is 4.60. The summed E-state index contributed by atoms with van der Waals surface area (Å²) in [5.41, 5.74) is 7.77. The lowest BCUT2D eigenvalue weighted by Gasteiger charge is -2.12. The predicted molar refractivity (Wildman–Crippen MR) is 70.8 cm³/mol. The van der Waals surface area contributed by atoms with Crippen LogP contribution in [0, 0.1) is 11.3 Å². The number of hydrogen-bond acceptors (Lipinski definition) is 3. The highest BCUT2D eigenvalue weighted by Gasteiger charge is 2.15. The van der Waals surface area contributed by atoms with Crippen LogP contribution in [0.2, 0.25) is 0 Å². The number of nitriles is 1. The molecule has 98 valence electrons. The first-order valence-electron chi connectivity index (χ1n) is 6.16. The number of nitrogens with zero attached hydrogens (tertiary/aromatic N) is 2. The number of aromatic nitrogens is 1. The molecule has 0 aliphatic heterocycles. The van der Waals surface area contributed by atoms with Crippen molar-refractivity contribution in [2.45, 2.75) is 46.2 Å². The van der Waals surface area contributed by atoms with E-state index in [1.54, 1.807) is 10.6 Å². The number of carbonyl (C=O) groups is 1. The van der Waals surface area contributed by atoms with Crippen molar-refractivity contribution in [3.63, 3.8) is 0 Å². The fourth-order valence-corrected chi connectivity index (χ4v) is 1.91. The molecule has 5 nitrogen and oxygen atoms in total. The Kier molecular flexibility index (Phi) is 4.78. The van der Waals surface area contributed by atoms with Crippen LogP contribution in [0.1, 0.15) is 38.6 Å². The lowest BCUT2D eigenvalue weighted by molar-refractivity contribution is -0.122. The minimum Gasteiger partial charge on any atom is -0.397 e. The van der Waals surface area contributed by atoms with E-state index >= 15 is 0 Å². The average Bonchev–Trinajstić information content (AvgIpc) is 2.56. The molecule has 0 saturated carbocycles. The van der Waals surface area contributed by atoms with E-state index in [0.29, 0.717) is 11.4 Å². The smallest absolute Gasteiger partial charge is 0.240 e. The van der Waals surface area contributed by atoms with Crippen molar-refractivity contribution in [2.75, 3.05) is 5.73 Å². The van der Waals surface area contributed by atoms with Gasteiger partial charge in [0.25, 0.3) is 0 Å². The Morgan fingerprint density at radius 2 is 2.28 bits per heavy atom. The third-order valence-corrected chi connectivity index (χ3v) is 2.59. The second-order valence-corrected chi connectivity index (χ2v) is 4.60. The summed E-state index contributed by atoms with van der Waals surface area (Å²) in [6, 6.07) is 3.80. The highest BCUT2D eigenvalue weighted by atomic mass is 16.2. The van der Waals surface area contributed by atoms with E-state index in [1.807, 2.05) is 20.8 Å². The van der Waals surface area contributed by atoms with Gasteiger partial charge in [-0.15, -0.1) is 0 Å². The molecule has 18 heavy (non-hydrogen) atoms. The molecule has 0 unspecified atom stereocenters. The van der Waals surface area contributed by atoms with Crippen LogP contribution in [0.25, 0.3) is 0 Å². The van der Waals surface area contributed by atoms with Crippen LogP contribution in [-0.4, -0.2) is 16.5 Å². The van der Waals surface area contributed by atoms with Crippen LogP contribution in [0.3, 0.4) is 0 Å². The third kappa shape index (κ3) is 3.27. The van der Waals surface area contributed by atoms with Crippen molar-refractivity contribution in [3.05, 3.63) is 17.5 Å². The molecule has 0 bridgehead atoms. The van der Waals surface area contributed by atoms with Gasteiger partial charge in [-0.05, 0) is 26.3 Å². The van der Waals surface area contributed by atoms with Crippen LogP contribution in [0.4, 0.5) is 5.69 Å². The van der Waals surface area contributed by atoms with Gasteiger partial charge in [0.05, 0.1) is 5.69 Å². The van der Waals surface area contributed by atoms with Crippen LogP contribution < -0.4 is 11.1 Å². The molecule has 3 N–H and O–H groups in total. The van der Waals surface area contributed by atoms with E-state index in [1.165, 1.54) is 0 Å². The van der Waals surface area contributed by atoms with Crippen molar-refractivity contribution in [2.24, 2.45) is 0 Å². The number of nitrogens with two attached hydrogens (primary N) is 1. The van der Waals surface area contributed by atoms with Gasteiger partial charge < -0.3 is 15.6 Å². The van der Waals surface area contributed by atoms with E-state index in [0.717, 1.165) is 18.5 Å². The van der Waals surface area contributed by atoms with E-state index in [4.69, 9.17) is 11.0 Å². The number of rotatable bonds is 5. The van der Waals surface area contributed by atoms with Crippen LogP contribution in [-0.2, 0) is 17.8 Å². The van der Waals surface area contributed by atoms with E-state index in [2.05, 4.69) is 11.4 Å². The van der Waals surface area contributed by atoms with Crippen molar-refractivity contribution in [1.82, 2.24) is 9.88 Å². The van der Waals surface area contributed by atoms with Crippen molar-refractivity contribution >= 4 is 11.6 Å². The predicted octanol–water partition coefficient (Wildman–Crippen LogP) is 1.42. The normalized spacial score (nSPS) is 10.4. The molecule has 1 amide bonds. The maximum atomic E-state index is 11.8. The monoisotopic (exact) mass is 248 g/mol. The first-order valence-corrected chi connectivity index (χ1v) is 6.16. The van der Waals surface area contributed by atoms with Gasteiger partial charge in [-0.25, -0.2) is 0 Å². The minimum absolute atomic E-state index is 0.0885. The number of hydrogen-bond donors (Lipinski definition) is 2. The van der Waals surface area contributed by atoms with E-state index in [9.17, 15) is 4.79 Å². The van der Waals surface area contributed by atoms with Crippen molar-refractivity contribution in [3.8, 4) is 6.07 Å². The maximum absolute atomic E-state index is 11.8. The maximum Gasteiger partial charge on any atom is 0.240 e. The molecule has 5 heteroatoms. The molecule has 0 fully saturated rings. The lowest BCUT2D eigenvalue weighted by atomic mass is 10.2. The number of anilines is 1. The van der Waals surface area contributed by atoms with E-state index < -0.39 is 0 Å². The molecule has 0 radical (unpaired) electrons. The summed E-state index contributed by atoms with van der Waals surface area (Å²) in [4.78, 5) is 11.8. The zero-order chi connectivity index (χ0) is 13.7.